The molecule has 3 unspecified atom stereocenters. The Bertz CT molecular complexity index is 1420. The maximum Gasteiger partial charge on any atom is 0.397 e. The topological polar surface area (TPSA) is 240 Å². The zero-order chi connectivity index (χ0) is 41.1. The molecular weight excluding hydrogens is 756 g/mol. The van der Waals surface area contributed by atoms with Gasteiger partial charge in [0, 0.05) is 20.1 Å². The van der Waals surface area contributed by atoms with Crippen LogP contribution in [0, 0.1) is 52.3 Å². The van der Waals surface area contributed by atoms with Crippen molar-refractivity contribution >= 4 is 10.4 Å². The van der Waals surface area contributed by atoms with Crippen LogP contribution in [0.4, 0.5) is 0 Å². The number of rotatable bonds is 14. The van der Waals surface area contributed by atoms with Gasteiger partial charge in [-0.1, -0.05) is 34.6 Å². The number of hydrogen-bond donors (Lipinski definition) is 7. The van der Waals surface area contributed by atoms with Crippen molar-refractivity contribution in [2.24, 2.45) is 52.3 Å². The van der Waals surface area contributed by atoms with Crippen LogP contribution in [0.1, 0.15) is 86.0 Å². The molecule has 56 heavy (non-hydrogen) atoms. The standard InChI is InChI=1S/C39H68O16S/c1-18(2)25(52-37-35(32(44)27(16-40)53-37)54-36-34(50-7)33(45)28(49-6)17-51-36)9-8-19(3)22-15-24(42)29-20-14-26(55-56(46,47)48)30-31(43)23(41)11-13-38(30,4)21(20)10-12-39(22,29)5/h18-37,40-45H,8-17H2,1-7H3,(H,46,47,48)/t19-,20-,21?,22-,23+,24-,25+,26+,27-,28-,29?,30?,31+,32+,33+,34-,35-,36+,37-,38-,39-/m1/s1. The molecule has 0 bridgehead atoms. The van der Waals surface area contributed by atoms with E-state index in [0.29, 0.717) is 25.7 Å². The predicted octanol–water partition coefficient (Wildman–Crippen LogP) is 1.41. The van der Waals surface area contributed by atoms with Crippen LogP contribution in [-0.2, 0) is 43.0 Å². The Labute approximate surface area is 331 Å². The van der Waals surface area contributed by atoms with Gasteiger partial charge in [0.1, 0.15) is 36.6 Å². The third-order valence-corrected chi connectivity index (χ3v) is 15.9. The minimum Gasteiger partial charge on any atom is -0.394 e. The van der Waals surface area contributed by atoms with E-state index >= 15 is 0 Å². The summed E-state index contributed by atoms with van der Waals surface area (Å²) >= 11 is 0. The summed E-state index contributed by atoms with van der Waals surface area (Å²) in [6.45, 7) is 10.1. The van der Waals surface area contributed by atoms with E-state index in [9.17, 15) is 43.6 Å². The highest BCUT2D eigenvalue weighted by molar-refractivity contribution is 7.80. The molecule has 0 spiro atoms. The van der Waals surface area contributed by atoms with Crippen LogP contribution >= 0.6 is 0 Å². The number of aliphatic hydroxyl groups is 6. The molecule has 2 heterocycles. The Hall–Kier alpha value is -0.610. The summed E-state index contributed by atoms with van der Waals surface area (Å²) in [5, 5.41) is 65.6. The molecule has 2 aliphatic heterocycles. The van der Waals surface area contributed by atoms with E-state index < -0.39 is 102 Å². The molecule has 4 saturated carbocycles. The first kappa shape index (κ1) is 44.9. The maximum atomic E-state index is 12.1. The Morgan fingerprint density at radius 3 is 2.12 bits per heavy atom. The quantitative estimate of drug-likeness (QED) is 0.123. The third-order valence-electron chi connectivity index (χ3n) is 15.4. The molecular formula is C39H68O16S. The summed E-state index contributed by atoms with van der Waals surface area (Å²) in [6.07, 6.45) is -7.39. The molecule has 17 heteroatoms. The largest absolute Gasteiger partial charge is 0.397 e. The number of hydrogen-bond acceptors (Lipinski definition) is 15. The molecule has 0 aromatic rings. The fourth-order valence-electron chi connectivity index (χ4n) is 12.6. The first-order valence-corrected chi connectivity index (χ1v) is 22.0. The summed E-state index contributed by atoms with van der Waals surface area (Å²) in [4.78, 5) is 0. The highest BCUT2D eigenvalue weighted by Crippen LogP contribution is 2.69. The zero-order valence-corrected chi connectivity index (χ0v) is 34.6. The minimum atomic E-state index is -4.85. The summed E-state index contributed by atoms with van der Waals surface area (Å²) in [5.74, 6) is -0.558. The van der Waals surface area contributed by atoms with E-state index in [-0.39, 0.29) is 60.1 Å². The fraction of sp³-hybridized carbons (Fsp3) is 1.00. The average molecular weight is 825 g/mol. The van der Waals surface area contributed by atoms with Gasteiger partial charge in [-0.25, -0.2) is 4.18 Å². The van der Waals surface area contributed by atoms with Crippen molar-refractivity contribution in [1.29, 1.82) is 0 Å². The van der Waals surface area contributed by atoms with E-state index in [1.807, 2.05) is 20.8 Å². The van der Waals surface area contributed by atoms with E-state index in [2.05, 4.69) is 13.8 Å². The van der Waals surface area contributed by atoms with Crippen LogP contribution in [0.15, 0.2) is 0 Å². The maximum absolute atomic E-state index is 12.1. The third kappa shape index (κ3) is 8.36. The van der Waals surface area contributed by atoms with E-state index in [4.69, 9.17) is 32.6 Å². The molecule has 0 aromatic carbocycles. The van der Waals surface area contributed by atoms with Gasteiger partial charge in [0.25, 0.3) is 0 Å². The molecule has 0 aromatic heterocycles. The van der Waals surface area contributed by atoms with Gasteiger partial charge in [0.05, 0.1) is 43.7 Å². The number of methoxy groups -OCH3 is 2. The molecule has 21 atom stereocenters. The van der Waals surface area contributed by atoms with Crippen LogP contribution < -0.4 is 0 Å². The van der Waals surface area contributed by atoms with Crippen molar-refractivity contribution < 1.29 is 76.2 Å². The Morgan fingerprint density at radius 1 is 0.804 bits per heavy atom. The highest BCUT2D eigenvalue weighted by Gasteiger charge is 2.67. The average Bonchev–Trinajstić information content (AvgIpc) is 3.58. The van der Waals surface area contributed by atoms with Gasteiger partial charge in [0.2, 0.25) is 0 Å². The van der Waals surface area contributed by atoms with Crippen molar-refractivity contribution in [2.45, 2.75) is 166 Å². The lowest BCUT2D eigenvalue weighted by molar-refractivity contribution is -0.313. The second-order valence-corrected chi connectivity index (χ2v) is 19.7. The molecule has 7 N–H and O–H groups in total. The Balaban J connectivity index is 1.15. The van der Waals surface area contributed by atoms with Crippen LogP contribution in [0.3, 0.4) is 0 Å². The number of ether oxygens (including phenoxy) is 6. The van der Waals surface area contributed by atoms with Crippen LogP contribution in [0.5, 0.6) is 0 Å². The molecule has 2 saturated heterocycles. The first-order chi connectivity index (χ1) is 26.3. The molecule has 6 fully saturated rings. The number of aliphatic hydroxyl groups excluding tert-OH is 6. The predicted molar refractivity (Wildman–Crippen MR) is 198 cm³/mol. The van der Waals surface area contributed by atoms with Gasteiger partial charge in [-0.15, -0.1) is 0 Å². The smallest absolute Gasteiger partial charge is 0.394 e. The molecule has 4 aliphatic carbocycles. The number of fused-ring (bicyclic) bond motifs is 5. The minimum absolute atomic E-state index is 0.0340. The second kappa shape index (κ2) is 17.4. The van der Waals surface area contributed by atoms with Crippen LogP contribution in [0.25, 0.3) is 0 Å². The lowest BCUT2D eigenvalue weighted by atomic mass is 9.43. The van der Waals surface area contributed by atoms with Gasteiger partial charge in [0.15, 0.2) is 12.6 Å². The van der Waals surface area contributed by atoms with E-state index in [1.165, 1.54) is 14.2 Å². The molecule has 16 nitrogen and oxygen atoms in total. The van der Waals surface area contributed by atoms with E-state index in [1.54, 1.807) is 0 Å². The molecule has 0 radical (unpaired) electrons. The van der Waals surface area contributed by atoms with Gasteiger partial charge < -0.3 is 59.1 Å². The normalized spacial score (nSPS) is 49.3. The Morgan fingerprint density at radius 2 is 1.50 bits per heavy atom. The fourth-order valence-corrected chi connectivity index (χ4v) is 13.1. The highest BCUT2D eigenvalue weighted by atomic mass is 32.3. The molecule has 6 rings (SSSR count). The van der Waals surface area contributed by atoms with E-state index in [0.717, 1.165) is 19.3 Å². The van der Waals surface area contributed by atoms with Crippen molar-refractivity contribution in [2.75, 3.05) is 27.4 Å². The summed E-state index contributed by atoms with van der Waals surface area (Å²) in [6, 6.07) is 0. The second-order valence-electron chi connectivity index (χ2n) is 18.6. The zero-order valence-electron chi connectivity index (χ0n) is 33.8. The lowest BCUT2D eigenvalue weighted by Crippen LogP contribution is -2.64. The van der Waals surface area contributed by atoms with Crippen molar-refractivity contribution in [3.05, 3.63) is 0 Å². The summed E-state index contributed by atoms with van der Waals surface area (Å²) in [7, 11) is -1.97. The summed E-state index contributed by atoms with van der Waals surface area (Å²) < 4.78 is 74.6. The van der Waals surface area contributed by atoms with Crippen LogP contribution in [0.2, 0.25) is 0 Å². The molecule has 326 valence electrons. The van der Waals surface area contributed by atoms with Gasteiger partial charge in [-0.2, -0.15) is 8.42 Å². The van der Waals surface area contributed by atoms with Crippen molar-refractivity contribution in [3.8, 4) is 0 Å². The van der Waals surface area contributed by atoms with Crippen molar-refractivity contribution in [1.82, 2.24) is 0 Å². The van der Waals surface area contributed by atoms with Gasteiger partial charge in [-0.3, -0.25) is 4.55 Å². The van der Waals surface area contributed by atoms with Gasteiger partial charge >= 0.3 is 10.4 Å². The monoisotopic (exact) mass is 824 g/mol. The summed E-state index contributed by atoms with van der Waals surface area (Å²) in [5.41, 5.74) is -0.835. The first-order valence-electron chi connectivity index (χ1n) is 20.6. The SMILES string of the molecule is CO[C@H]1[C@H](O[C@H]2[C@H](O[C@@H](CC[C@@H](C)[C@H]3C[C@@H](O)C4[C@@H]5C[C@H](OS(=O)(=O)O)C6[C@@H](O)[C@@H](O)CC[C@]6(C)C5CC[C@@]43C)C(C)C)O[C@H](CO)[C@@H]2O)OC[C@@H](OC)[C@@H]1O. The van der Waals surface area contributed by atoms with Crippen molar-refractivity contribution in [3.63, 3.8) is 0 Å². The van der Waals surface area contributed by atoms with Gasteiger partial charge in [-0.05, 0) is 97.7 Å². The lowest BCUT2D eigenvalue weighted by Gasteiger charge is -2.63. The molecule has 6 aliphatic rings. The Kier molecular flexibility index (Phi) is 14.0. The van der Waals surface area contributed by atoms with Crippen LogP contribution in [-0.4, -0.2) is 151 Å². The molecule has 0 amide bonds.